The summed E-state index contributed by atoms with van der Waals surface area (Å²) in [4.78, 5) is 22.6. The number of thiazole rings is 1. The largest absolute Gasteiger partial charge is 0.496 e. The van der Waals surface area contributed by atoms with E-state index >= 15 is 0 Å². The lowest BCUT2D eigenvalue weighted by atomic mass is 9.84. The maximum Gasteiger partial charge on any atom is 0.303 e. The van der Waals surface area contributed by atoms with Crippen LogP contribution in [0.5, 0.6) is 5.75 Å². The van der Waals surface area contributed by atoms with Gasteiger partial charge in [0.05, 0.1) is 19.2 Å². The maximum atomic E-state index is 12.0. The summed E-state index contributed by atoms with van der Waals surface area (Å²) in [5.74, 6) is 0.454. The minimum Gasteiger partial charge on any atom is -0.496 e. The van der Waals surface area contributed by atoms with Gasteiger partial charge in [-0.1, -0.05) is 38.8 Å². The van der Waals surface area contributed by atoms with Crippen molar-refractivity contribution in [2.75, 3.05) is 7.11 Å². The number of rotatable bonds is 5. The molecule has 7 nitrogen and oxygen atoms in total. The number of carbonyl (C=O) groups excluding carboxylic acids is 1. The van der Waals surface area contributed by atoms with Crippen LogP contribution in [-0.4, -0.2) is 29.1 Å². The second-order valence-corrected chi connectivity index (χ2v) is 11.0. The molecule has 34 heavy (non-hydrogen) atoms. The third-order valence-electron chi connectivity index (χ3n) is 5.80. The molecule has 1 heterocycles. The van der Waals surface area contributed by atoms with Crippen LogP contribution in [0.3, 0.4) is 0 Å². The molecule has 0 saturated heterocycles. The van der Waals surface area contributed by atoms with E-state index in [-0.39, 0.29) is 17.2 Å². The van der Waals surface area contributed by atoms with Crippen LogP contribution in [0.2, 0.25) is 5.02 Å². The number of hydrogen-bond acceptors (Lipinski definition) is 6. The highest BCUT2D eigenvalue weighted by molar-refractivity contribution is 7.09. The molecule has 1 aliphatic rings. The number of benzene rings is 1. The van der Waals surface area contributed by atoms with Crippen LogP contribution in [0.15, 0.2) is 34.4 Å². The lowest BCUT2D eigenvalue weighted by molar-refractivity contribution is -0.162. The molecule has 0 radical (unpaired) electrons. The SMILES string of the molecule is COc1ccc(Cl)cc1C(=NC#N)N=c1sc(C(C)(C)C)cn1CC1(OC(C)=O)CCCCC1. The molecule has 1 fully saturated rings. The second-order valence-electron chi connectivity index (χ2n) is 9.59. The number of aromatic nitrogens is 1. The van der Waals surface area contributed by atoms with Crippen LogP contribution in [0.25, 0.3) is 0 Å². The molecule has 9 heteroatoms. The van der Waals surface area contributed by atoms with E-state index in [2.05, 4.69) is 32.0 Å². The fourth-order valence-corrected chi connectivity index (χ4v) is 5.39. The molecule has 0 bridgehead atoms. The summed E-state index contributed by atoms with van der Waals surface area (Å²) in [7, 11) is 1.55. The first-order chi connectivity index (χ1) is 16.1. The Balaban J connectivity index is 2.17. The number of aliphatic imine (C=N–C) groups is 1. The Kier molecular flexibility index (Phi) is 8.21. The van der Waals surface area contributed by atoms with Gasteiger partial charge >= 0.3 is 5.97 Å². The van der Waals surface area contributed by atoms with E-state index < -0.39 is 5.60 Å². The highest BCUT2D eigenvalue weighted by atomic mass is 35.5. The number of halogens is 1. The predicted octanol–water partition coefficient (Wildman–Crippen LogP) is 5.60. The van der Waals surface area contributed by atoms with Gasteiger partial charge in [-0.15, -0.1) is 11.3 Å². The molecule has 0 atom stereocenters. The quantitative estimate of drug-likeness (QED) is 0.230. The normalized spacial score (nSPS) is 16.7. The van der Waals surface area contributed by atoms with Crippen molar-refractivity contribution in [1.82, 2.24) is 4.57 Å². The average molecular weight is 503 g/mol. The van der Waals surface area contributed by atoms with Crippen LogP contribution in [0.1, 0.15) is 70.2 Å². The Hall–Kier alpha value is -2.63. The summed E-state index contributed by atoms with van der Waals surface area (Å²) >= 11 is 7.76. The molecule has 1 saturated carbocycles. The van der Waals surface area contributed by atoms with Crippen LogP contribution >= 0.6 is 22.9 Å². The van der Waals surface area contributed by atoms with E-state index in [1.165, 1.54) is 18.3 Å². The number of esters is 1. The maximum absolute atomic E-state index is 12.0. The number of nitrogens with zero attached hydrogens (tertiary/aromatic N) is 4. The first kappa shape index (κ1) is 26.0. The van der Waals surface area contributed by atoms with Crippen molar-refractivity contribution in [2.24, 2.45) is 9.98 Å². The van der Waals surface area contributed by atoms with Gasteiger partial charge in [-0.05, 0) is 49.3 Å². The molecule has 182 valence electrons. The monoisotopic (exact) mass is 502 g/mol. The zero-order valence-electron chi connectivity index (χ0n) is 20.4. The fraction of sp³-hybridized carbons (Fsp3) is 0.520. The van der Waals surface area contributed by atoms with Crippen molar-refractivity contribution < 1.29 is 14.3 Å². The Bertz CT molecular complexity index is 1180. The minimum atomic E-state index is -0.574. The summed E-state index contributed by atoms with van der Waals surface area (Å²) < 4.78 is 13.4. The van der Waals surface area contributed by atoms with E-state index in [0.29, 0.717) is 27.7 Å². The standard InChI is InChI=1S/C25H31ClN4O3S/c1-17(31)33-25(11-7-6-8-12-25)15-30-14-21(24(2,3)4)34-23(30)29-22(28-16-27)19-13-18(26)9-10-20(19)32-5/h9-10,13-14H,6-8,11-12,15H2,1-5H3. The predicted molar refractivity (Wildman–Crippen MR) is 134 cm³/mol. The van der Waals surface area contributed by atoms with Gasteiger partial charge in [0.1, 0.15) is 11.4 Å². The first-order valence-electron chi connectivity index (χ1n) is 11.3. The van der Waals surface area contributed by atoms with E-state index in [4.69, 9.17) is 26.1 Å². The molecule has 1 aromatic heterocycles. The highest BCUT2D eigenvalue weighted by Crippen LogP contribution is 2.34. The van der Waals surface area contributed by atoms with Crippen LogP contribution in [0, 0.1) is 11.5 Å². The molecule has 1 aromatic carbocycles. The molecule has 0 amide bonds. The summed E-state index contributed by atoms with van der Waals surface area (Å²) in [5, 5.41) is 9.87. The molecular formula is C25H31ClN4O3S. The van der Waals surface area contributed by atoms with Crippen molar-refractivity contribution in [3.63, 3.8) is 0 Å². The molecule has 0 N–H and O–H groups in total. The summed E-state index contributed by atoms with van der Waals surface area (Å²) in [6.45, 7) is 8.37. The lowest BCUT2D eigenvalue weighted by Crippen LogP contribution is -2.42. The van der Waals surface area contributed by atoms with Crippen molar-refractivity contribution in [3.05, 3.63) is 44.7 Å². The number of amidine groups is 1. The Morgan fingerprint density at radius 2 is 2.00 bits per heavy atom. The van der Waals surface area contributed by atoms with Crippen LogP contribution in [0.4, 0.5) is 0 Å². The summed E-state index contributed by atoms with van der Waals surface area (Å²) in [5.41, 5.74) is -0.155. The van der Waals surface area contributed by atoms with Gasteiger partial charge in [0, 0.05) is 23.0 Å². The smallest absolute Gasteiger partial charge is 0.303 e. The van der Waals surface area contributed by atoms with Gasteiger partial charge in [-0.25, -0.2) is 0 Å². The zero-order chi connectivity index (χ0) is 24.9. The van der Waals surface area contributed by atoms with Crippen molar-refractivity contribution in [3.8, 4) is 11.9 Å². The van der Waals surface area contributed by atoms with Gasteiger partial charge in [0.15, 0.2) is 10.6 Å². The van der Waals surface area contributed by atoms with Crippen molar-refractivity contribution in [2.45, 2.75) is 77.4 Å². The first-order valence-corrected chi connectivity index (χ1v) is 12.5. The van der Waals surface area contributed by atoms with Crippen LogP contribution < -0.4 is 9.54 Å². The Morgan fingerprint density at radius 1 is 1.29 bits per heavy atom. The number of nitriles is 1. The average Bonchev–Trinajstić information content (AvgIpc) is 3.16. The second kappa shape index (κ2) is 10.7. The van der Waals surface area contributed by atoms with Crippen molar-refractivity contribution >= 4 is 34.7 Å². The molecule has 1 aliphatic carbocycles. The highest BCUT2D eigenvalue weighted by Gasteiger charge is 2.36. The third-order valence-corrected chi connectivity index (χ3v) is 7.48. The minimum absolute atomic E-state index is 0.109. The molecule has 0 unspecified atom stereocenters. The molecule has 2 aromatic rings. The fourth-order valence-electron chi connectivity index (χ4n) is 4.17. The van der Waals surface area contributed by atoms with Crippen LogP contribution in [-0.2, 0) is 21.5 Å². The number of ether oxygens (including phenoxy) is 2. The zero-order valence-corrected chi connectivity index (χ0v) is 21.9. The number of hydrogen-bond donors (Lipinski definition) is 0. The summed E-state index contributed by atoms with van der Waals surface area (Å²) in [6, 6.07) is 5.12. The van der Waals surface area contributed by atoms with E-state index in [1.807, 2.05) is 10.8 Å². The van der Waals surface area contributed by atoms with Gasteiger partial charge in [0.2, 0.25) is 6.19 Å². The lowest BCUT2D eigenvalue weighted by Gasteiger charge is -2.36. The third kappa shape index (κ3) is 6.28. The molecule has 0 aliphatic heterocycles. The van der Waals surface area contributed by atoms with E-state index in [9.17, 15) is 10.1 Å². The van der Waals surface area contributed by atoms with Crippen molar-refractivity contribution in [1.29, 1.82) is 5.26 Å². The van der Waals surface area contributed by atoms with Gasteiger partial charge in [-0.2, -0.15) is 15.2 Å². The topological polar surface area (TPSA) is 89.0 Å². The van der Waals surface area contributed by atoms with Gasteiger partial charge < -0.3 is 14.0 Å². The molecule has 0 spiro atoms. The van der Waals surface area contributed by atoms with Gasteiger partial charge in [0.25, 0.3) is 0 Å². The Labute approximate surface area is 209 Å². The summed E-state index contributed by atoms with van der Waals surface area (Å²) in [6.07, 6.45) is 8.69. The molecule has 3 rings (SSSR count). The number of carbonyl (C=O) groups is 1. The van der Waals surface area contributed by atoms with E-state index in [0.717, 1.165) is 37.0 Å². The Morgan fingerprint density at radius 3 is 2.59 bits per heavy atom. The molecular weight excluding hydrogens is 472 g/mol. The van der Waals surface area contributed by atoms with Gasteiger partial charge in [-0.3, -0.25) is 4.79 Å². The number of methoxy groups -OCH3 is 1. The van der Waals surface area contributed by atoms with E-state index in [1.54, 1.807) is 25.3 Å².